The summed E-state index contributed by atoms with van der Waals surface area (Å²) in [4.78, 5) is 24.9. The summed E-state index contributed by atoms with van der Waals surface area (Å²) in [7, 11) is 0. The van der Waals surface area contributed by atoms with Gasteiger partial charge in [0.2, 0.25) is 0 Å². The standard InChI is InChI=1S/C16H14N2O2/c1-2-18(17)10-7-8-13-14(9-10)16(20)12-6-4-3-5-11(12)15(13)19/h3-9H,2,17H2,1H3. The first kappa shape index (κ1) is 12.6. The van der Waals surface area contributed by atoms with Crippen LogP contribution in [0.5, 0.6) is 0 Å². The third kappa shape index (κ3) is 1.73. The fourth-order valence-corrected chi connectivity index (χ4v) is 2.45. The summed E-state index contributed by atoms with van der Waals surface area (Å²) in [6.45, 7) is 2.54. The quantitative estimate of drug-likeness (QED) is 0.570. The average Bonchev–Trinajstić information content (AvgIpc) is 2.51. The van der Waals surface area contributed by atoms with Gasteiger partial charge >= 0.3 is 0 Å². The van der Waals surface area contributed by atoms with Crippen molar-refractivity contribution in [1.29, 1.82) is 0 Å². The summed E-state index contributed by atoms with van der Waals surface area (Å²) in [6.07, 6.45) is 0. The molecule has 0 heterocycles. The summed E-state index contributed by atoms with van der Waals surface area (Å²) in [5.41, 5.74) is 2.53. The monoisotopic (exact) mass is 266 g/mol. The zero-order valence-corrected chi connectivity index (χ0v) is 11.1. The number of carbonyl (C=O) groups excluding carboxylic acids is 2. The van der Waals surface area contributed by atoms with Crippen molar-refractivity contribution in [2.75, 3.05) is 11.6 Å². The number of hydrazine groups is 1. The number of carbonyl (C=O) groups is 2. The topological polar surface area (TPSA) is 63.4 Å². The van der Waals surface area contributed by atoms with Crippen LogP contribution in [0.4, 0.5) is 5.69 Å². The Balaban J connectivity index is 2.18. The Hall–Kier alpha value is -2.46. The van der Waals surface area contributed by atoms with Crippen molar-refractivity contribution in [2.24, 2.45) is 5.84 Å². The normalized spacial score (nSPS) is 12.9. The second kappa shape index (κ2) is 4.58. The van der Waals surface area contributed by atoms with E-state index >= 15 is 0 Å². The average molecular weight is 266 g/mol. The molecule has 0 unspecified atom stereocenters. The number of fused-ring (bicyclic) bond motifs is 2. The highest BCUT2D eigenvalue weighted by atomic mass is 16.1. The number of hydrogen-bond donors (Lipinski definition) is 1. The highest BCUT2D eigenvalue weighted by molar-refractivity contribution is 6.28. The Labute approximate surface area is 116 Å². The van der Waals surface area contributed by atoms with Crippen LogP contribution in [-0.2, 0) is 0 Å². The van der Waals surface area contributed by atoms with E-state index < -0.39 is 0 Å². The van der Waals surface area contributed by atoms with E-state index in [2.05, 4.69) is 0 Å². The van der Waals surface area contributed by atoms with Crippen molar-refractivity contribution in [1.82, 2.24) is 0 Å². The summed E-state index contributed by atoms with van der Waals surface area (Å²) in [5.74, 6) is 5.61. The van der Waals surface area contributed by atoms with E-state index in [1.54, 1.807) is 47.5 Å². The number of nitrogens with two attached hydrogens (primary N) is 1. The van der Waals surface area contributed by atoms with E-state index in [1.807, 2.05) is 6.92 Å². The van der Waals surface area contributed by atoms with Gasteiger partial charge < -0.3 is 5.01 Å². The molecule has 4 nitrogen and oxygen atoms in total. The molecule has 0 saturated heterocycles. The van der Waals surface area contributed by atoms with E-state index in [-0.39, 0.29) is 11.6 Å². The molecule has 0 amide bonds. The molecule has 0 radical (unpaired) electrons. The van der Waals surface area contributed by atoms with E-state index in [0.717, 1.165) is 5.69 Å². The van der Waals surface area contributed by atoms with Gasteiger partial charge in [0.05, 0.1) is 5.69 Å². The van der Waals surface area contributed by atoms with Crippen molar-refractivity contribution in [2.45, 2.75) is 6.92 Å². The summed E-state index contributed by atoms with van der Waals surface area (Å²) >= 11 is 0. The van der Waals surface area contributed by atoms with E-state index in [0.29, 0.717) is 28.8 Å². The Morgan fingerprint density at radius 1 is 0.900 bits per heavy atom. The zero-order chi connectivity index (χ0) is 14.3. The van der Waals surface area contributed by atoms with Crippen LogP contribution in [0.2, 0.25) is 0 Å². The lowest BCUT2D eigenvalue weighted by Crippen LogP contribution is -2.31. The second-order valence-electron chi connectivity index (χ2n) is 4.72. The van der Waals surface area contributed by atoms with Crippen molar-refractivity contribution < 1.29 is 9.59 Å². The fourth-order valence-electron chi connectivity index (χ4n) is 2.45. The van der Waals surface area contributed by atoms with Crippen molar-refractivity contribution >= 4 is 17.3 Å². The molecule has 2 N–H and O–H groups in total. The molecule has 0 spiro atoms. The van der Waals surface area contributed by atoms with Gasteiger partial charge in [-0.05, 0) is 25.1 Å². The molecule has 4 heteroatoms. The number of nitrogens with zero attached hydrogens (tertiary/aromatic N) is 1. The molecule has 2 aromatic rings. The summed E-state index contributed by atoms with van der Waals surface area (Å²) in [6, 6.07) is 12.0. The number of hydrogen-bond acceptors (Lipinski definition) is 4. The lowest BCUT2D eigenvalue weighted by atomic mass is 9.84. The molecule has 2 aromatic carbocycles. The molecule has 0 aliphatic heterocycles. The molecule has 3 rings (SSSR count). The molecule has 100 valence electrons. The maximum absolute atomic E-state index is 12.5. The Bertz CT molecular complexity index is 722. The van der Waals surface area contributed by atoms with Gasteiger partial charge in [0.15, 0.2) is 11.6 Å². The molecule has 20 heavy (non-hydrogen) atoms. The molecule has 0 aromatic heterocycles. The van der Waals surface area contributed by atoms with Crippen molar-refractivity contribution in [3.05, 3.63) is 64.7 Å². The van der Waals surface area contributed by atoms with E-state index in [4.69, 9.17) is 5.84 Å². The minimum Gasteiger partial charge on any atom is -0.311 e. The molecule has 0 fully saturated rings. The minimum atomic E-state index is -0.124. The molecule has 1 aliphatic carbocycles. The number of ketones is 2. The Morgan fingerprint density at radius 2 is 1.45 bits per heavy atom. The first-order chi connectivity index (χ1) is 9.63. The van der Waals surface area contributed by atoms with Crippen LogP contribution in [0.1, 0.15) is 38.8 Å². The van der Waals surface area contributed by atoms with Gasteiger partial charge in [-0.3, -0.25) is 9.59 Å². The van der Waals surface area contributed by atoms with E-state index in [9.17, 15) is 9.59 Å². The van der Waals surface area contributed by atoms with Gasteiger partial charge in [-0.1, -0.05) is 24.3 Å². The van der Waals surface area contributed by atoms with Crippen LogP contribution in [-0.4, -0.2) is 18.1 Å². The third-order valence-electron chi connectivity index (χ3n) is 3.58. The first-order valence-corrected chi connectivity index (χ1v) is 6.48. The molecule has 0 atom stereocenters. The SMILES string of the molecule is CCN(N)c1ccc2c(c1)C(=O)c1ccccc1C2=O. The predicted octanol–water partition coefficient (Wildman–Crippen LogP) is 2.16. The third-order valence-corrected chi connectivity index (χ3v) is 3.58. The minimum absolute atomic E-state index is 0.109. The molecule has 0 bridgehead atoms. The van der Waals surface area contributed by atoms with Gasteiger partial charge in [0.25, 0.3) is 0 Å². The van der Waals surface area contributed by atoms with Crippen molar-refractivity contribution in [3.63, 3.8) is 0 Å². The van der Waals surface area contributed by atoms with Gasteiger partial charge in [-0.2, -0.15) is 0 Å². The predicted molar refractivity (Wildman–Crippen MR) is 77.0 cm³/mol. The zero-order valence-electron chi connectivity index (χ0n) is 11.1. The van der Waals surface area contributed by atoms with Gasteiger partial charge in [0, 0.05) is 28.8 Å². The summed E-state index contributed by atoms with van der Waals surface area (Å²) in [5, 5.41) is 1.54. The highest BCUT2D eigenvalue weighted by Gasteiger charge is 2.29. The first-order valence-electron chi connectivity index (χ1n) is 6.48. The number of benzene rings is 2. The van der Waals surface area contributed by atoms with Crippen LogP contribution in [0, 0.1) is 0 Å². The molecule has 0 saturated carbocycles. The van der Waals surface area contributed by atoms with Crippen LogP contribution < -0.4 is 10.9 Å². The maximum atomic E-state index is 12.5. The summed E-state index contributed by atoms with van der Waals surface area (Å²) < 4.78 is 0. The van der Waals surface area contributed by atoms with Crippen LogP contribution in [0.3, 0.4) is 0 Å². The van der Waals surface area contributed by atoms with Crippen molar-refractivity contribution in [3.8, 4) is 0 Å². The molecular weight excluding hydrogens is 252 g/mol. The smallest absolute Gasteiger partial charge is 0.194 e. The maximum Gasteiger partial charge on any atom is 0.194 e. The molecular formula is C16H14N2O2. The lowest BCUT2D eigenvalue weighted by molar-refractivity contribution is 0.0979. The largest absolute Gasteiger partial charge is 0.311 e. The van der Waals surface area contributed by atoms with Crippen LogP contribution >= 0.6 is 0 Å². The van der Waals surface area contributed by atoms with E-state index in [1.165, 1.54) is 0 Å². The Kier molecular flexibility index (Phi) is 2.88. The lowest BCUT2D eigenvalue weighted by Gasteiger charge is -2.21. The number of rotatable bonds is 2. The van der Waals surface area contributed by atoms with Gasteiger partial charge in [-0.15, -0.1) is 0 Å². The fraction of sp³-hybridized carbons (Fsp3) is 0.125. The van der Waals surface area contributed by atoms with Crippen LogP contribution in [0.15, 0.2) is 42.5 Å². The van der Waals surface area contributed by atoms with Crippen LogP contribution in [0.25, 0.3) is 0 Å². The van der Waals surface area contributed by atoms with Gasteiger partial charge in [0.1, 0.15) is 0 Å². The second-order valence-corrected chi connectivity index (χ2v) is 4.72. The van der Waals surface area contributed by atoms with Gasteiger partial charge in [-0.25, -0.2) is 5.84 Å². The highest BCUT2D eigenvalue weighted by Crippen LogP contribution is 2.29. The molecule has 1 aliphatic rings. The number of anilines is 1. The Morgan fingerprint density at radius 3 is 2.05 bits per heavy atom.